The van der Waals surface area contributed by atoms with Gasteiger partial charge in [0.15, 0.2) is 11.5 Å². The quantitative estimate of drug-likeness (QED) is 0.636. The first kappa shape index (κ1) is 16.7. The van der Waals surface area contributed by atoms with Gasteiger partial charge in [0.05, 0.1) is 17.7 Å². The van der Waals surface area contributed by atoms with Gasteiger partial charge in [-0.15, -0.1) is 0 Å². The number of aliphatic imine (C=N–C) groups is 1. The van der Waals surface area contributed by atoms with Crippen LogP contribution in [0.15, 0.2) is 46.3 Å². The number of phenolic OH excluding ortho intramolecular Hbond substituents is 1. The van der Waals surface area contributed by atoms with Crippen LogP contribution in [0.25, 0.3) is 0 Å². The van der Waals surface area contributed by atoms with E-state index in [0.29, 0.717) is 23.1 Å². The number of rotatable bonds is 5. The lowest BCUT2D eigenvalue weighted by molar-refractivity contribution is 0.112. The SMILES string of the molecule is COc1cc(C=O)cc(C=Nc2ccc(S(N)(=O)=O)cc2)c1O. The van der Waals surface area contributed by atoms with Crippen molar-refractivity contribution >= 4 is 28.2 Å². The number of nitrogens with two attached hydrogens (primary N) is 1. The summed E-state index contributed by atoms with van der Waals surface area (Å²) >= 11 is 0. The van der Waals surface area contributed by atoms with Crippen LogP contribution in [0.5, 0.6) is 11.5 Å². The van der Waals surface area contributed by atoms with Gasteiger partial charge < -0.3 is 9.84 Å². The number of sulfonamides is 1. The van der Waals surface area contributed by atoms with E-state index in [4.69, 9.17) is 9.88 Å². The minimum atomic E-state index is -3.76. The number of carbonyl (C=O) groups excluding carboxylic acids is 1. The predicted molar refractivity (Wildman–Crippen MR) is 85.1 cm³/mol. The van der Waals surface area contributed by atoms with E-state index in [9.17, 15) is 18.3 Å². The summed E-state index contributed by atoms with van der Waals surface area (Å²) in [5, 5.41) is 15.0. The summed E-state index contributed by atoms with van der Waals surface area (Å²) in [6.07, 6.45) is 1.97. The zero-order valence-electron chi connectivity index (χ0n) is 12.1. The molecule has 0 heterocycles. The molecular formula is C15H14N2O5S. The molecule has 0 aliphatic rings. The number of benzene rings is 2. The molecule has 0 spiro atoms. The molecule has 120 valence electrons. The first-order valence-corrected chi connectivity index (χ1v) is 7.93. The summed E-state index contributed by atoms with van der Waals surface area (Å²) in [6, 6.07) is 8.43. The molecule has 0 radical (unpaired) electrons. The van der Waals surface area contributed by atoms with Crippen LogP contribution in [-0.2, 0) is 10.0 Å². The van der Waals surface area contributed by atoms with Gasteiger partial charge in [-0.2, -0.15) is 0 Å². The van der Waals surface area contributed by atoms with Crippen molar-refractivity contribution in [1.82, 2.24) is 0 Å². The molecule has 2 rings (SSSR count). The minimum Gasteiger partial charge on any atom is -0.504 e. The largest absolute Gasteiger partial charge is 0.504 e. The summed E-state index contributed by atoms with van der Waals surface area (Å²) in [5.41, 5.74) is 1.07. The van der Waals surface area contributed by atoms with E-state index < -0.39 is 10.0 Å². The molecule has 0 fully saturated rings. The lowest BCUT2D eigenvalue weighted by atomic mass is 10.1. The van der Waals surface area contributed by atoms with Gasteiger partial charge in [0.1, 0.15) is 6.29 Å². The van der Waals surface area contributed by atoms with Crippen LogP contribution >= 0.6 is 0 Å². The van der Waals surface area contributed by atoms with E-state index in [2.05, 4.69) is 4.99 Å². The van der Waals surface area contributed by atoms with Crippen LogP contribution in [0.2, 0.25) is 0 Å². The highest BCUT2D eigenvalue weighted by Gasteiger charge is 2.09. The molecule has 23 heavy (non-hydrogen) atoms. The molecule has 0 aromatic heterocycles. The molecule has 0 atom stereocenters. The lowest BCUT2D eigenvalue weighted by Gasteiger charge is -2.07. The Morgan fingerprint density at radius 3 is 2.39 bits per heavy atom. The minimum absolute atomic E-state index is 0.0241. The first-order valence-electron chi connectivity index (χ1n) is 6.38. The number of carbonyl (C=O) groups is 1. The van der Waals surface area contributed by atoms with Crippen molar-refractivity contribution in [2.75, 3.05) is 7.11 Å². The third kappa shape index (κ3) is 3.93. The lowest BCUT2D eigenvalue weighted by Crippen LogP contribution is -2.11. The van der Waals surface area contributed by atoms with E-state index in [-0.39, 0.29) is 16.4 Å². The van der Waals surface area contributed by atoms with Gasteiger partial charge in [0.2, 0.25) is 10.0 Å². The van der Waals surface area contributed by atoms with E-state index >= 15 is 0 Å². The van der Waals surface area contributed by atoms with Crippen LogP contribution < -0.4 is 9.88 Å². The van der Waals surface area contributed by atoms with Crippen LogP contribution in [0.4, 0.5) is 5.69 Å². The van der Waals surface area contributed by atoms with Crippen molar-refractivity contribution < 1.29 is 23.1 Å². The molecule has 7 nitrogen and oxygen atoms in total. The Bertz CT molecular complexity index is 858. The number of primary sulfonamides is 1. The Labute approximate surface area is 133 Å². The average Bonchev–Trinajstić information content (AvgIpc) is 2.53. The molecule has 8 heteroatoms. The third-order valence-electron chi connectivity index (χ3n) is 3.00. The Balaban J connectivity index is 2.35. The molecule has 2 aromatic carbocycles. The van der Waals surface area contributed by atoms with Crippen molar-refractivity contribution in [3.05, 3.63) is 47.5 Å². The second kappa shape index (κ2) is 6.59. The maximum absolute atomic E-state index is 11.2. The molecule has 0 aliphatic carbocycles. The van der Waals surface area contributed by atoms with Gasteiger partial charge in [-0.3, -0.25) is 9.79 Å². The average molecular weight is 334 g/mol. The van der Waals surface area contributed by atoms with Crippen LogP contribution in [0.1, 0.15) is 15.9 Å². The van der Waals surface area contributed by atoms with Crippen molar-refractivity contribution in [1.29, 1.82) is 0 Å². The Morgan fingerprint density at radius 2 is 1.87 bits per heavy atom. The van der Waals surface area contributed by atoms with E-state index in [0.717, 1.165) is 0 Å². The highest BCUT2D eigenvalue weighted by atomic mass is 32.2. The number of aldehydes is 1. The summed E-state index contributed by atoms with van der Waals surface area (Å²) < 4.78 is 27.3. The summed E-state index contributed by atoms with van der Waals surface area (Å²) in [7, 11) is -2.39. The van der Waals surface area contributed by atoms with Crippen LogP contribution in [-0.4, -0.2) is 33.1 Å². The fraction of sp³-hybridized carbons (Fsp3) is 0.0667. The molecule has 0 amide bonds. The highest BCUT2D eigenvalue weighted by Crippen LogP contribution is 2.30. The molecule has 0 unspecified atom stereocenters. The van der Waals surface area contributed by atoms with Crippen LogP contribution in [0, 0.1) is 0 Å². The molecule has 0 saturated carbocycles. The van der Waals surface area contributed by atoms with Gasteiger partial charge in [0.25, 0.3) is 0 Å². The Morgan fingerprint density at radius 1 is 1.22 bits per heavy atom. The second-order valence-electron chi connectivity index (χ2n) is 4.58. The summed E-state index contributed by atoms with van der Waals surface area (Å²) in [5.74, 6) is 0.00336. The Kier molecular flexibility index (Phi) is 4.77. The van der Waals surface area contributed by atoms with E-state index in [1.54, 1.807) is 0 Å². The van der Waals surface area contributed by atoms with Crippen molar-refractivity contribution in [3.63, 3.8) is 0 Å². The molecular weight excluding hydrogens is 320 g/mol. The maximum Gasteiger partial charge on any atom is 0.238 e. The van der Waals surface area contributed by atoms with Gasteiger partial charge in [-0.25, -0.2) is 13.6 Å². The van der Waals surface area contributed by atoms with Gasteiger partial charge >= 0.3 is 0 Å². The van der Waals surface area contributed by atoms with Crippen molar-refractivity contribution in [3.8, 4) is 11.5 Å². The normalized spacial score (nSPS) is 11.6. The predicted octanol–water partition coefficient (Wildman–Crippen LogP) is 1.61. The topological polar surface area (TPSA) is 119 Å². The van der Waals surface area contributed by atoms with Crippen molar-refractivity contribution in [2.24, 2.45) is 10.1 Å². The van der Waals surface area contributed by atoms with E-state index in [1.807, 2.05) is 0 Å². The van der Waals surface area contributed by atoms with Gasteiger partial charge in [0, 0.05) is 17.3 Å². The zero-order chi connectivity index (χ0) is 17.0. The summed E-state index contributed by atoms with van der Waals surface area (Å²) in [4.78, 5) is 15.0. The monoisotopic (exact) mass is 334 g/mol. The van der Waals surface area contributed by atoms with Crippen molar-refractivity contribution in [2.45, 2.75) is 4.90 Å². The molecule has 3 N–H and O–H groups in total. The van der Waals surface area contributed by atoms with Gasteiger partial charge in [-0.1, -0.05) is 0 Å². The maximum atomic E-state index is 11.2. The molecule has 0 aliphatic heterocycles. The van der Waals surface area contributed by atoms with E-state index in [1.165, 1.54) is 49.7 Å². The number of nitrogens with zero attached hydrogens (tertiary/aromatic N) is 1. The number of ether oxygens (including phenoxy) is 1. The first-order chi connectivity index (χ1) is 10.8. The number of phenols is 1. The highest BCUT2D eigenvalue weighted by molar-refractivity contribution is 7.89. The molecule has 2 aromatic rings. The zero-order valence-corrected chi connectivity index (χ0v) is 12.9. The number of methoxy groups -OCH3 is 1. The smallest absolute Gasteiger partial charge is 0.238 e. The fourth-order valence-corrected chi connectivity index (χ4v) is 2.36. The van der Waals surface area contributed by atoms with Crippen LogP contribution in [0.3, 0.4) is 0 Å². The molecule has 0 saturated heterocycles. The second-order valence-corrected chi connectivity index (χ2v) is 6.14. The molecule has 0 bridgehead atoms. The third-order valence-corrected chi connectivity index (χ3v) is 3.93. The Hall–Kier alpha value is -2.71. The number of aromatic hydroxyl groups is 1. The fourth-order valence-electron chi connectivity index (χ4n) is 1.84. The van der Waals surface area contributed by atoms with Gasteiger partial charge in [-0.05, 0) is 36.4 Å². The summed E-state index contributed by atoms with van der Waals surface area (Å²) in [6.45, 7) is 0. The standard InChI is InChI=1S/C15H14N2O5S/c1-22-14-7-10(9-18)6-11(15(14)19)8-17-12-2-4-13(5-3-12)23(16,20)21/h2-9,19H,1H3,(H2,16,20,21). The number of hydrogen-bond acceptors (Lipinski definition) is 6. The number of hydrogen-bond donors (Lipinski definition) is 2.